The monoisotopic (exact) mass is 291 g/mol. The van der Waals surface area contributed by atoms with E-state index in [2.05, 4.69) is 4.98 Å². The maximum Gasteiger partial charge on any atom is 0.252 e. The summed E-state index contributed by atoms with van der Waals surface area (Å²) in [5, 5.41) is 19.7. The molecule has 0 radical (unpaired) electrons. The second kappa shape index (κ2) is 5.27. The van der Waals surface area contributed by atoms with Crippen LogP contribution in [0, 0.1) is 0 Å². The molecule has 1 saturated heterocycles. The summed E-state index contributed by atoms with van der Waals surface area (Å²) < 4.78 is 0. The van der Waals surface area contributed by atoms with Crippen LogP contribution in [-0.2, 0) is 12.8 Å². The number of nitrogens with two attached hydrogens (primary N) is 1. The molecule has 0 bridgehead atoms. The summed E-state index contributed by atoms with van der Waals surface area (Å²) in [4.78, 5) is 18.2. The Balaban J connectivity index is 1.99. The van der Waals surface area contributed by atoms with E-state index in [9.17, 15) is 15.0 Å². The maximum absolute atomic E-state index is 11.7. The zero-order chi connectivity index (χ0) is 15.0. The van der Waals surface area contributed by atoms with Gasteiger partial charge in [0.15, 0.2) is 0 Å². The van der Waals surface area contributed by atoms with Crippen molar-refractivity contribution in [3.05, 3.63) is 22.9 Å². The van der Waals surface area contributed by atoms with Crippen LogP contribution in [0.3, 0.4) is 0 Å². The number of anilines is 1. The molecule has 6 nitrogen and oxygen atoms in total. The van der Waals surface area contributed by atoms with Crippen molar-refractivity contribution in [3.63, 3.8) is 0 Å². The summed E-state index contributed by atoms with van der Waals surface area (Å²) in [5.41, 5.74) is 6.90. The van der Waals surface area contributed by atoms with Gasteiger partial charge in [-0.3, -0.25) is 4.79 Å². The van der Waals surface area contributed by atoms with E-state index in [0.717, 1.165) is 36.9 Å². The molecule has 2 aliphatic rings. The van der Waals surface area contributed by atoms with Crippen molar-refractivity contribution in [2.45, 2.75) is 37.7 Å². The van der Waals surface area contributed by atoms with Crippen LogP contribution in [0.5, 0.6) is 0 Å². The standard InChI is InChI=1S/C15H21N3O3/c16-13(20)11-7-10-3-1-4-12(10)17-14(11)18-6-2-5-15(21,8-18)9-19/h7,19,21H,1-6,8-9H2,(H2,16,20)/t15-/m1/s1. The minimum absolute atomic E-state index is 0.273. The molecule has 3 rings (SSSR count). The minimum atomic E-state index is -1.13. The van der Waals surface area contributed by atoms with Gasteiger partial charge < -0.3 is 20.8 Å². The molecule has 2 heterocycles. The van der Waals surface area contributed by atoms with E-state index in [1.165, 1.54) is 0 Å². The number of nitrogens with zero attached hydrogens (tertiary/aromatic N) is 2. The Bertz CT molecular complexity index is 576. The van der Waals surface area contributed by atoms with Gasteiger partial charge in [0.2, 0.25) is 0 Å². The average Bonchev–Trinajstić information content (AvgIpc) is 2.93. The number of hydrogen-bond acceptors (Lipinski definition) is 5. The highest BCUT2D eigenvalue weighted by atomic mass is 16.3. The average molecular weight is 291 g/mol. The first-order valence-electron chi connectivity index (χ1n) is 7.43. The van der Waals surface area contributed by atoms with E-state index in [1.54, 1.807) is 0 Å². The number of aryl methyl sites for hydroxylation is 2. The zero-order valence-electron chi connectivity index (χ0n) is 12.0. The van der Waals surface area contributed by atoms with Crippen molar-refractivity contribution in [2.75, 3.05) is 24.6 Å². The third-order valence-electron chi connectivity index (χ3n) is 4.45. The van der Waals surface area contributed by atoms with E-state index >= 15 is 0 Å². The van der Waals surface area contributed by atoms with E-state index in [1.807, 2.05) is 11.0 Å². The normalized spacial score (nSPS) is 25.0. The van der Waals surface area contributed by atoms with Crippen LogP contribution in [0.25, 0.3) is 0 Å². The number of fused-ring (bicyclic) bond motifs is 1. The number of pyridine rings is 1. The maximum atomic E-state index is 11.7. The van der Waals surface area contributed by atoms with Gasteiger partial charge in [0.1, 0.15) is 11.4 Å². The van der Waals surface area contributed by atoms with Gasteiger partial charge in [-0.05, 0) is 43.7 Å². The topological polar surface area (TPSA) is 99.7 Å². The summed E-state index contributed by atoms with van der Waals surface area (Å²) >= 11 is 0. The van der Waals surface area contributed by atoms with E-state index in [0.29, 0.717) is 24.3 Å². The Kier molecular flexibility index (Phi) is 3.59. The number of piperidine rings is 1. The van der Waals surface area contributed by atoms with Crippen molar-refractivity contribution >= 4 is 11.7 Å². The molecule has 1 aromatic rings. The Morgan fingerprint density at radius 3 is 2.95 bits per heavy atom. The van der Waals surface area contributed by atoms with Crippen molar-refractivity contribution in [1.29, 1.82) is 0 Å². The predicted octanol–water partition coefficient (Wildman–Crippen LogP) is -0.00720. The lowest BCUT2D eigenvalue weighted by atomic mass is 9.93. The second-order valence-corrected chi connectivity index (χ2v) is 6.09. The van der Waals surface area contributed by atoms with Crippen molar-refractivity contribution in [2.24, 2.45) is 5.73 Å². The fraction of sp³-hybridized carbons (Fsp3) is 0.600. The molecule has 1 aliphatic heterocycles. The third-order valence-corrected chi connectivity index (χ3v) is 4.45. The highest BCUT2D eigenvalue weighted by molar-refractivity contribution is 5.98. The van der Waals surface area contributed by atoms with Gasteiger partial charge in [-0.15, -0.1) is 0 Å². The van der Waals surface area contributed by atoms with Crippen LogP contribution < -0.4 is 10.6 Å². The summed E-state index contributed by atoms with van der Waals surface area (Å²) in [7, 11) is 0. The first-order valence-corrected chi connectivity index (χ1v) is 7.43. The van der Waals surface area contributed by atoms with Gasteiger partial charge in [-0.1, -0.05) is 0 Å². The van der Waals surface area contributed by atoms with Gasteiger partial charge >= 0.3 is 0 Å². The number of carbonyl (C=O) groups excluding carboxylic acids is 1. The smallest absolute Gasteiger partial charge is 0.252 e. The van der Waals surface area contributed by atoms with Crippen LogP contribution in [0.2, 0.25) is 0 Å². The number of aromatic nitrogens is 1. The molecule has 1 aromatic heterocycles. The summed E-state index contributed by atoms with van der Waals surface area (Å²) in [6, 6.07) is 1.85. The first kappa shape index (κ1) is 14.3. The number of β-amino-alcohol motifs (C(OH)–C–C–N with tert-alkyl or cyclic N) is 1. The van der Waals surface area contributed by atoms with Crippen molar-refractivity contribution in [1.82, 2.24) is 4.98 Å². The van der Waals surface area contributed by atoms with Gasteiger partial charge in [0.05, 0.1) is 18.7 Å². The fourth-order valence-electron chi connectivity index (χ4n) is 3.31. The highest BCUT2D eigenvalue weighted by Gasteiger charge is 2.35. The van der Waals surface area contributed by atoms with E-state index in [4.69, 9.17) is 5.73 Å². The molecule has 1 atom stereocenters. The molecular weight excluding hydrogens is 270 g/mol. The zero-order valence-corrected chi connectivity index (χ0v) is 12.0. The number of primary amides is 1. The Hall–Kier alpha value is -1.66. The van der Waals surface area contributed by atoms with Crippen LogP contribution in [0.1, 0.15) is 40.9 Å². The van der Waals surface area contributed by atoms with Crippen molar-refractivity contribution in [3.8, 4) is 0 Å². The van der Waals surface area contributed by atoms with Gasteiger partial charge in [0.25, 0.3) is 5.91 Å². The molecule has 0 unspecified atom stereocenters. The first-order chi connectivity index (χ1) is 10.0. The summed E-state index contributed by atoms with van der Waals surface area (Å²) in [5.74, 6) is 0.0556. The number of amides is 1. The number of hydrogen-bond donors (Lipinski definition) is 3. The lowest BCUT2D eigenvalue weighted by molar-refractivity contribution is -0.0242. The third kappa shape index (κ3) is 2.61. The van der Waals surface area contributed by atoms with Gasteiger partial charge in [-0.2, -0.15) is 0 Å². The van der Waals surface area contributed by atoms with Crippen LogP contribution in [0.15, 0.2) is 6.07 Å². The fourth-order valence-corrected chi connectivity index (χ4v) is 3.31. The number of rotatable bonds is 3. The lowest BCUT2D eigenvalue weighted by Gasteiger charge is -2.39. The molecular formula is C15H21N3O3. The molecule has 4 N–H and O–H groups in total. The minimum Gasteiger partial charge on any atom is -0.393 e. The number of aliphatic hydroxyl groups excluding tert-OH is 1. The quantitative estimate of drug-likeness (QED) is 0.727. The van der Waals surface area contributed by atoms with Crippen molar-refractivity contribution < 1.29 is 15.0 Å². The van der Waals surface area contributed by atoms with Crippen LogP contribution in [0.4, 0.5) is 5.82 Å². The summed E-state index contributed by atoms with van der Waals surface area (Å²) in [6.07, 6.45) is 4.19. The molecule has 1 amide bonds. The number of carbonyl (C=O) groups is 1. The molecule has 0 aromatic carbocycles. The van der Waals surface area contributed by atoms with Crippen LogP contribution >= 0.6 is 0 Å². The Morgan fingerprint density at radius 2 is 2.24 bits per heavy atom. The molecule has 0 saturated carbocycles. The van der Waals surface area contributed by atoms with Crippen LogP contribution in [-0.4, -0.2) is 46.4 Å². The Labute approximate surface area is 123 Å². The molecule has 1 fully saturated rings. The largest absolute Gasteiger partial charge is 0.393 e. The molecule has 21 heavy (non-hydrogen) atoms. The SMILES string of the molecule is NC(=O)c1cc2c(nc1N1CCC[C@](O)(CO)C1)CCC2. The second-order valence-electron chi connectivity index (χ2n) is 6.09. The van der Waals surface area contributed by atoms with Gasteiger partial charge in [0, 0.05) is 12.2 Å². The molecule has 6 heteroatoms. The van der Waals surface area contributed by atoms with Gasteiger partial charge in [-0.25, -0.2) is 4.98 Å². The molecule has 0 spiro atoms. The molecule has 114 valence electrons. The summed E-state index contributed by atoms with van der Waals surface area (Å²) in [6.45, 7) is 0.685. The number of aliphatic hydroxyl groups is 2. The predicted molar refractivity (Wildman–Crippen MR) is 78.3 cm³/mol. The van der Waals surface area contributed by atoms with E-state index in [-0.39, 0.29) is 13.2 Å². The van der Waals surface area contributed by atoms with E-state index < -0.39 is 11.5 Å². The highest BCUT2D eigenvalue weighted by Crippen LogP contribution is 2.31. The molecule has 1 aliphatic carbocycles. The lowest BCUT2D eigenvalue weighted by Crippen LogP contribution is -2.51. The Morgan fingerprint density at radius 1 is 1.43 bits per heavy atom.